The smallest absolute Gasteiger partial charge is 0.337 e. The van der Waals surface area contributed by atoms with E-state index >= 15 is 0 Å². The second-order valence-corrected chi connectivity index (χ2v) is 4.88. The molecule has 2 aromatic carbocycles. The highest BCUT2D eigenvalue weighted by molar-refractivity contribution is 6.07. The molecule has 2 rings (SSSR count). The highest BCUT2D eigenvalue weighted by atomic mass is 16.5. The average molecular weight is 326 g/mol. The lowest BCUT2D eigenvalue weighted by Gasteiger charge is -2.08. The van der Waals surface area contributed by atoms with E-state index in [0.29, 0.717) is 22.6 Å². The number of methoxy groups -OCH3 is 3. The predicted octanol–water partition coefficient (Wildman–Crippen LogP) is 3.39. The minimum absolute atomic E-state index is 0.159. The van der Waals surface area contributed by atoms with E-state index in [-0.39, 0.29) is 5.78 Å². The topological polar surface area (TPSA) is 61.8 Å². The van der Waals surface area contributed by atoms with Gasteiger partial charge in [0.1, 0.15) is 0 Å². The van der Waals surface area contributed by atoms with Gasteiger partial charge in [0, 0.05) is 5.56 Å². The molecule has 0 N–H and O–H groups in total. The molecule has 0 aliphatic rings. The molecule has 0 unspecified atom stereocenters. The minimum atomic E-state index is -0.396. The first-order chi connectivity index (χ1) is 11.6. The fourth-order valence-electron chi connectivity index (χ4n) is 2.11. The number of carbonyl (C=O) groups is 2. The van der Waals surface area contributed by atoms with Crippen LogP contribution in [0.5, 0.6) is 11.5 Å². The highest BCUT2D eigenvalue weighted by Gasteiger charge is 2.08. The molecule has 0 amide bonds. The molecule has 0 radical (unpaired) electrons. The predicted molar refractivity (Wildman–Crippen MR) is 90.7 cm³/mol. The molecule has 0 spiro atoms. The summed E-state index contributed by atoms with van der Waals surface area (Å²) in [6.45, 7) is 0. The normalized spacial score (nSPS) is 10.5. The Kier molecular flexibility index (Phi) is 5.73. The molecule has 2 aromatic rings. The maximum Gasteiger partial charge on any atom is 0.337 e. The van der Waals surface area contributed by atoms with Gasteiger partial charge in [-0.3, -0.25) is 4.79 Å². The number of ether oxygens (including phenoxy) is 3. The summed E-state index contributed by atoms with van der Waals surface area (Å²) < 4.78 is 15.0. The van der Waals surface area contributed by atoms with Gasteiger partial charge in [0.05, 0.1) is 26.9 Å². The second kappa shape index (κ2) is 7.97. The molecule has 0 aromatic heterocycles. The van der Waals surface area contributed by atoms with Gasteiger partial charge in [-0.1, -0.05) is 18.2 Å². The molecule has 0 aliphatic carbocycles. The minimum Gasteiger partial charge on any atom is -0.493 e. The fraction of sp³-hybridized carbons (Fsp3) is 0.158. The van der Waals surface area contributed by atoms with Crippen molar-refractivity contribution in [1.82, 2.24) is 0 Å². The summed E-state index contributed by atoms with van der Waals surface area (Å²) in [7, 11) is 4.39. The zero-order chi connectivity index (χ0) is 17.5. The number of esters is 1. The van der Waals surface area contributed by atoms with Crippen LogP contribution in [0.3, 0.4) is 0 Å². The number of hydrogen-bond donors (Lipinski definition) is 0. The first-order valence-corrected chi connectivity index (χ1v) is 7.22. The van der Waals surface area contributed by atoms with Crippen LogP contribution in [0.25, 0.3) is 6.08 Å². The number of allylic oxidation sites excluding steroid dienone is 1. The summed E-state index contributed by atoms with van der Waals surface area (Å²) in [4.78, 5) is 23.6. The van der Waals surface area contributed by atoms with Gasteiger partial charge in [-0.05, 0) is 42.0 Å². The van der Waals surface area contributed by atoms with Crippen LogP contribution < -0.4 is 9.47 Å². The zero-order valence-electron chi connectivity index (χ0n) is 13.7. The Labute approximate surface area is 140 Å². The van der Waals surface area contributed by atoms with Crippen molar-refractivity contribution in [2.45, 2.75) is 0 Å². The van der Waals surface area contributed by atoms with E-state index in [2.05, 4.69) is 4.74 Å². The van der Waals surface area contributed by atoms with Crippen LogP contribution in [0.4, 0.5) is 0 Å². The highest BCUT2D eigenvalue weighted by Crippen LogP contribution is 2.27. The molecule has 0 bridgehead atoms. The standard InChI is InChI=1S/C19H18O5/c1-22-17-11-9-15(12-18(17)23-2)16(20)10-6-13-4-7-14(8-5-13)19(21)24-3/h4-12H,1-3H3/b10-6+. The average Bonchev–Trinajstić information content (AvgIpc) is 2.65. The monoisotopic (exact) mass is 326 g/mol. The molecule has 0 saturated heterocycles. The summed E-state index contributed by atoms with van der Waals surface area (Å²) >= 11 is 0. The maximum atomic E-state index is 12.2. The molecule has 24 heavy (non-hydrogen) atoms. The van der Waals surface area contributed by atoms with Crippen LogP contribution in [-0.2, 0) is 4.74 Å². The van der Waals surface area contributed by atoms with Crippen LogP contribution >= 0.6 is 0 Å². The zero-order valence-corrected chi connectivity index (χ0v) is 13.7. The van der Waals surface area contributed by atoms with Gasteiger partial charge in [-0.2, -0.15) is 0 Å². The van der Waals surface area contributed by atoms with E-state index in [4.69, 9.17) is 9.47 Å². The van der Waals surface area contributed by atoms with Gasteiger partial charge in [0.2, 0.25) is 0 Å². The molecule has 0 fully saturated rings. The first kappa shape index (κ1) is 17.3. The van der Waals surface area contributed by atoms with E-state index in [1.54, 1.807) is 48.5 Å². The molecule has 0 atom stereocenters. The lowest BCUT2D eigenvalue weighted by molar-refractivity contribution is 0.0600. The van der Waals surface area contributed by atoms with Crippen molar-refractivity contribution >= 4 is 17.8 Å². The number of benzene rings is 2. The molecular weight excluding hydrogens is 308 g/mol. The lowest BCUT2D eigenvalue weighted by atomic mass is 10.1. The largest absolute Gasteiger partial charge is 0.493 e. The van der Waals surface area contributed by atoms with Gasteiger partial charge in [-0.15, -0.1) is 0 Å². The van der Waals surface area contributed by atoms with Crippen molar-refractivity contribution < 1.29 is 23.8 Å². The van der Waals surface area contributed by atoms with Gasteiger partial charge < -0.3 is 14.2 Å². The van der Waals surface area contributed by atoms with E-state index in [1.807, 2.05) is 0 Å². The van der Waals surface area contributed by atoms with Crippen LogP contribution in [0.15, 0.2) is 48.5 Å². The van der Waals surface area contributed by atoms with Crippen molar-refractivity contribution in [3.05, 3.63) is 65.2 Å². The maximum absolute atomic E-state index is 12.2. The Morgan fingerprint density at radius 2 is 1.46 bits per heavy atom. The van der Waals surface area contributed by atoms with E-state index in [0.717, 1.165) is 5.56 Å². The number of carbonyl (C=O) groups excluding carboxylic acids is 2. The molecular formula is C19H18O5. The number of hydrogen-bond acceptors (Lipinski definition) is 5. The first-order valence-electron chi connectivity index (χ1n) is 7.22. The third-order valence-corrected chi connectivity index (χ3v) is 3.43. The van der Waals surface area contributed by atoms with Crippen LogP contribution in [0.2, 0.25) is 0 Å². The fourth-order valence-corrected chi connectivity index (χ4v) is 2.11. The third kappa shape index (κ3) is 4.01. The lowest BCUT2D eigenvalue weighted by Crippen LogP contribution is -2.00. The van der Waals surface area contributed by atoms with Crippen molar-refractivity contribution in [1.29, 1.82) is 0 Å². The van der Waals surface area contributed by atoms with Gasteiger partial charge in [-0.25, -0.2) is 4.79 Å². The molecule has 0 saturated carbocycles. The van der Waals surface area contributed by atoms with Crippen molar-refractivity contribution in [2.75, 3.05) is 21.3 Å². The quantitative estimate of drug-likeness (QED) is 0.462. The summed E-state index contributed by atoms with van der Waals surface area (Å²) in [6, 6.07) is 11.8. The Hall–Kier alpha value is -3.08. The molecule has 0 aliphatic heterocycles. The molecule has 5 nitrogen and oxygen atoms in total. The Morgan fingerprint density at radius 3 is 2.04 bits per heavy atom. The molecule has 5 heteroatoms. The Morgan fingerprint density at radius 1 is 0.833 bits per heavy atom. The van der Waals surface area contributed by atoms with Crippen LogP contribution in [0.1, 0.15) is 26.3 Å². The van der Waals surface area contributed by atoms with Crippen LogP contribution in [-0.4, -0.2) is 33.1 Å². The SMILES string of the molecule is COC(=O)c1ccc(/C=C/C(=O)c2ccc(OC)c(OC)c2)cc1. The summed E-state index contributed by atoms with van der Waals surface area (Å²) in [6.07, 6.45) is 3.15. The second-order valence-electron chi connectivity index (χ2n) is 4.88. The van der Waals surface area contributed by atoms with E-state index < -0.39 is 5.97 Å². The molecule has 0 heterocycles. The van der Waals surface area contributed by atoms with Gasteiger partial charge >= 0.3 is 5.97 Å². The van der Waals surface area contributed by atoms with Crippen LogP contribution in [0, 0.1) is 0 Å². The van der Waals surface area contributed by atoms with Gasteiger partial charge in [0.25, 0.3) is 0 Å². The number of ketones is 1. The van der Waals surface area contributed by atoms with Crippen molar-refractivity contribution in [3.8, 4) is 11.5 Å². The Bertz CT molecular complexity index is 760. The Balaban J connectivity index is 2.14. The summed E-state index contributed by atoms with van der Waals surface area (Å²) in [5.41, 5.74) is 1.76. The summed E-state index contributed by atoms with van der Waals surface area (Å²) in [5.74, 6) is 0.510. The van der Waals surface area contributed by atoms with E-state index in [9.17, 15) is 9.59 Å². The van der Waals surface area contributed by atoms with E-state index in [1.165, 1.54) is 27.4 Å². The summed E-state index contributed by atoms with van der Waals surface area (Å²) in [5, 5.41) is 0. The van der Waals surface area contributed by atoms with Crippen molar-refractivity contribution in [2.24, 2.45) is 0 Å². The van der Waals surface area contributed by atoms with Crippen molar-refractivity contribution in [3.63, 3.8) is 0 Å². The molecule has 124 valence electrons. The third-order valence-electron chi connectivity index (χ3n) is 3.43. The van der Waals surface area contributed by atoms with Gasteiger partial charge in [0.15, 0.2) is 17.3 Å². The number of rotatable bonds is 6.